The zero-order chi connectivity index (χ0) is 16.7. The lowest BCUT2D eigenvalue weighted by Crippen LogP contribution is -1.93. The smallest absolute Gasteiger partial charge is 0.115 e. The lowest BCUT2D eigenvalue weighted by molar-refractivity contribution is 0.383. The molecular weight excluding hydrogens is 288 g/mol. The van der Waals surface area contributed by atoms with Gasteiger partial charge in [0.2, 0.25) is 0 Å². The fraction of sp³-hybridized carbons (Fsp3) is 0.300. The molecule has 2 rings (SSSR count). The molecule has 0 fully saturated rings. The van der Waals surface area contributed by atoms with Gasteiger partial charge in [-0.3, -0.25) is 0 Å². The van der Waals surface area contributed by atoms with Crippen molar-refractivity contribution in [2.45, 2.75) is 39.0 Å². The van der Waals surface area contributed by atoms with Crippen LogP contribution < -0.4 is 0 Å². The van der Waals surface area contributed by atoms with Crippen molar-refractivity contribution in [3.8, 4) is 11.5 Å². The Morgan fingerprint density at radius 1 is 0.826 bits per heavy atom. The van der Waals surface area contributed by atoms with Crippen molar-refractivity contribution in [1.29, 1.82) is 0 Å². The number of aliphatic hydroxyl groups is 1. The first-order chi connectivity index (χ1) is 11.1. The molecule has 0 unspecified atom stereocenters. The Hall–Kier alpha value is -2.42. The van der Waals surface area contributed by atoms with Crippen molar-refractivity contribution in [3.63, 3.8) is 0 Å². The molecule has 0 heterocycles. The van der Waals surface area contributed by atoms with E-state index in [1.165, 1.54) is 5.56 Å². The number of hydrogen-bond acceptors (Lipinski definition) is 3. The van der Waals surface area contributed by atoms with Crippen LogP contribution in [0.2, 0.25) is 0 Å². The molecule has 23 heavy (non-hydrogen) atoms. The summed E-state index contributed by atoms with van der Waals surface area (Å²) in [6.07, 6.45) is 4.25. The standard InChI is InChI=1S/C20H24O3/c1-2-19(16-9-13-18(22)14-10-16)20(23)6-4-3-5-15-7-11-17(21)12-8-15/h7-14,21-23H,2-6H2,1H3/b20-19+. The van der Waals surface area contributed by atoms with E-state index in [1.807, 2.05) is 31.2 Å². The predicted octanol–water partition coefficient (Wildman–Crippen LogP) is 5.19. The number of aromatic hydroxyl groups is 2. The van der Waals surface area contributed by atoms with Crippen molar-refractivity contribution in [1.82, 2.24) is 0 Å². The normalized spacial score (nSPS) is 12.0. The molecular formula is C20H24O3. The highest BCUT2D eigenvalue weighted by atomic mass is 16.3. The van der Waals surface area contributed by atoms with Gasteiger partial charge in [0.15, 0.2) is 0 Å². The average Bonchev–Trinajstić information content (AvgIpc) is 2.56. The maximum Gasteiger partial charge on any atom is 0.115 e. The van der Waals surface area contributed by atoms with E-state index in [4.69, 9.17) is 0 Å². The maximum absolute atomic E-state index is 10.3. The molecule has 0 amide bonds. The van der Waals surface area contributed by atoms with Gasteiger partial charge in [0.25, 0.3) is 0 Å². The van der Waals surface area contributed by atoms with Gasteiger partial charge in [0.05, 0.1) is 5.76 Å². The molecule has 0 aliphatic rings. The quantitative estimate of drug-likeness (QED) is 0.487. The molecule has 0 atom stereocenters. The zero-order valence-electron chi connectivity index (χ0n) is 13.5. The molecule has 3 heteroatoms. The summed E-state index contributed by atoms with van der Waals surface area (Å²) in [5.74, 6) is 0.956. The fourth-order valence-corrected chi connectivity index (χ4v) is 2.67. The van der Waals surface area contributed by atoms with E-state index in [2.05, 4.69) is 0 Å². The van der Waals surface area contributed by atoms with Gasteiger partial charge in [0.1, 0.15) is 11.5 Å². The van der Waals surface area contributed by atoms with Gasteiger partial charge in [-0.2, -0.15) is 0 Å². The number of aliphatic hydroxyl groups excluding tert-OH is 1. The van der Waals surface area contributed by atoms with Crippen molar-refractivity contribution in [2.24, 2.45) is 0 Å². The molecule has 0 aliphatic carbocycles. The molecule has 0 spiro atoms. The van der Waals surface area contributed by atoms with E-state index in [9.17, 15) is 15.3 Å². The molecule has 3 N–H and O–H groups in total. The second-order valence-corrected chi connectivity index (χ2v) is 5.70. The largest absolute Gasteiger partial charge is 0.512 e. The van der Waals surface area contributed by atoms with Gasteiger partial charge < -0.3 is 15.3 Å². The minimum Gasteiger partial charge on any atom is -0.512 e. The summed E-state index contributed by atoms with van der Waals surface area (Å²) in [5.41, 5.74) is 3.09. The highest BCUT2D eigenvalue weighted by Crippen LogP contribution is 2.25. The first kappa shape index (κ1) is 16.9. The van der Waals surface area contributed by atoms with Crippen LogP contribution in [0.3, 0.4) is 0 Å². The number of hydrogen-bond donors (Lipinski definition) is 3. The second-order valence-electron chi connectivity index (χ2n) is 5.70. The van der Waals surface area contributed by atoms with E-state index in [-0.39, 0.29) is 11.5 Å². The van der Waals surface area contributed by atoms with Gasteiger partial charge in [-0.15, -0.1) is 0 Å². The molecule has 0 saturated heterocycles. The van der Waals surface area contributed by atoms with Crippen LogP contribution in [0.5, 0.6) is 11.5 Å². The number of unbranched alkanes of at least 4 members (excludes halogenated alkanes) is 1. The Morgan fingerprint density at radius 2 is 1.39 bits per heavy atom. The summed E-state index contributed by atoms with van der Waals surface area (Å²) >= 11 is 0. The van der Waals surface area contributed by atoms with Crippen LogP contribution in [0.15, 0.2) is 54.3 Å². The number of phenols is 2. The van der Waals surface area contributed by atoms with Crippen molar-refractivity contribution in [3.05, 3.63) is 65.4 Å². The third kappa shape index (κ3) is 5.06. The molecule has 122 valence electrons. The van der Waals surface area contributed by atoms with Gasteiger partial charge >= 0.3 is 0 Å². The van der Waals surface area contributed by atoms with Crippen LogP contribution in [0.4, 0.5) is 0 Å². The zero-order valence-corrected chi connectivity index (χ0v) is 13.5. The Balaban J connectivity index is 1.89. The Bertz CT molecular complexity index is 640. The maximum atomic E-state index is 10.3. The molecule has 2 aromatic carbocycles. The molecule has 0 bridgehead atoms. The lowest BCUT2D eigenvalue weighted by Gasteiger charge is -2.10. The number of aryl methyl sites for hydroxylation is 1. The van der Waals surface area contributed by atoms with E-state index in [1.54, 1.807) is 24.3 Å². The predicted molar refractivity (Wildman–Crippen MR) is 93.6 cm³/mol. The van der Waals surface area contributed by atoms with Gasteiger partial charge in [-0.1, -0.05) is 31.2 Å². The molecule has 0 aliphatic heterocycles. The third-order valence-corrected chi connectivity index (χ3v) is 3.98. The average molecular weight is 312 g/mol. The van der Waals surface area contributed by atoms with E-state index in [0.717, 1.165) is 36.8 Å². The van der Waals surface area contributed by atoms with Crippen LogP contribution in [-0.4, -0.2) is 15.3 Å². The van der Waals surface area contributed by atoms with Crippen LogP contribution in [0, 0.1) is 0 Å². The summed E-state index contributed by atoms with van der Waals surface area (Å²) in [6, 6.07) is 14.2. The highest BCUT2D eigenvalue weighted by Gasteiger charge is 2.07. The van der Waals surface area contributed by atoms with Crippen LogP contribution in [0.25, 0.3) is 5.57 Å². The van der Waals surface area contributed by atoms with Crippen molar-refractivity contribution < 1.29 is 15.3 Å². The SMILES string of the molecule is CC/C(=C(\O)CCCCc1ccc(O)cc1)c1ccc(O)cc1. The van der Waals surface area contributed by atoms with Crippen LogP contribution in [-0.2, 0) is 6.42 Å². The number of phenolic OH excluding ortho intramolecular Hbond substituents is 2. The third-order valence-electron chi connectivity index (χ3n) is 3.98. The summed E-state index contributed by atoms with van der Waals surface area (Å²) < 4.78 is 0. The van der Waals surface area contributed by atoms with Crippen LogP contribution in [0.1, 0.15) is 43.7 Å². The first-order valence-corrected chi connectivity index (χ1v) is 8.08. The van der Waals surface area contributed by atoms with Gasteiger partial charge in [-0.05, 0) is 66.6 Å². The summed E-state index contributed by atoms with van der Waals surface area (Å²) in [7, 11) is 0. The molecule has 0 saturated carbocycles. The summed E-state index contributed by atoms with van der Waals surface area (Å²) in [5, 5.41) is 29.0. The van der Waals surface area contributed by atoms with Crippen LogP contribution >= 0.6 is 0 Å². The Morgan fingerprint density at radius 3 is 1.96 bits per heavy atom. The number of benzene rings is 2. The van der Waals surface area contributed by atoms with E-state index in [0.29, 0.717) is 12.2 Å². The Kier molecular flexibility index (Phi) is 6.10. The molecule has 0 radical (unpaired) electrons. The molecule has 3 nitrogen and oxygen atoms in total. The summed E-state index contributed by atoms with van der Waals surface area (Å²) in [4.78, 5) is 0. The topological polar surface area (TPSA) is 60.7 Å². The monoisotopic (exact) mass is 312 g/mol. The first-order valence-electron chi connectivity index (χ1n) is 8.08. The van der Waals surface area contributed by atoms with Crippen molar-refractivity contribution >= 4 is 5.57 Å². The van der Waals surface area contributed by atoms with Crippen molar-refractivity contribution in [2.75, 3.05) is 0 Å². The second kappa shape index (κ2) is 8.28. The Labute approximate surface area is 137 Å². The minimum absolute atomic E-state index is 0.234. The van der Waals surface area contributed by atoms with E-state index < -0.39 is 0 Å². The minimum atomic E-state index is 0.234. The molecule has 0 aromatic heterocycles. The number of rotatable bonds is 7. The van der Waals surface area contributed by atoms with Gasteiger partial charge in [0, 0.05) is 6.42 Å². The fourth-order valence-electron chi connectivity index (χ4n) is 2.67. The highest BCUT2D eigenvalue weighted by molar-refractivity contribution is 5.67. The lowest BCUT2D eigenvalue weighted by atomic mass is 9.99. The summed E-state index contributed by atoms with van der Waals surface area (Å²) in [6.45, 7) is 2.02. The van der Waals surface area contributed by atoms with E-state index >= 15 is 0 Å². The van der Waals surface area contributed by atoms with Gasteiger partial charge in [-0.25, -0.2) is 0 Å². The molecule has 2 aromatic rings. The number of allylic oxidation sites excluding steroid dienone is 2.